The fourth-order valence-electron chi connectivity index (χ4n) is 4.31. The third-order valence-electron chi connectivity index (χ3n) is 6.09. The molecule has 0 spiro atoms. The van der Waals surface area contributed by atoms with Gasteiger partial charge in [0, 0.05) is 35.9 Å². The summed E-state index contributed by atoms with van der Waals surface area (Å²) in [6, 6.07) is 20.8. The van der Waals surface area contributed by atoms with Gasteiger partial charge in [0.05, 0.1) is 22.4 Å². The van der Waals surface area contributed by atoms with Gasteiger partial charge < -0.3 is 20.1 Å². The summed E-state index contributed by atoms with van der Waals surface area (Å²) in [4.78, 5) is 23.4. The highest BCUT2D eigenvalue weighted by Crippen LogP contribution is 2.43. The number of halogens is 1. The molecule has 4 aromatic rings. The van der Waals surface area contributed by atoms with Crippen LogP contribution in [0.5, 0.6) is 0 Å². The summed E-state index contributed by atoms with van der Waals surface area (Å²) in [6.07, 6.45) is 5.54. The molecule has 0 saturated carbocycles. The first-order valence-electron chi connectivity index (χ1n) is 11.6. The van der Waals surface area contributed by atoms with Crippen molar-refractivity contribution in [3.63, 3.8) is 0 Å². The van der Waals surface area contributed by atoms with E-state index in [1.807, 2.05) is 85.6 Å². The highest BCUT2D eigenvalue weighted by molar-refractivity contribution is 7.80. The van der Waals surface area contributed by atoms with Crippen molar-refractivity contribution in [1.82, 2.24) is 19.9 Å². The van der Waals surface area contributed by atoms with Crippen molar-refractivity contribution in [2.45, 2.75) is 25.9 Å². The number of benzene rings is 1. The first kappa shape index (κ1) is 24.0. The van der Waals surface area contributed by atoms with Gasteiger partial charge in [0.15, 0.2) is 5.11 Å². The summed E-state index contributed by atoms with van der Waals surface area (Å²) in [5.41, 5.74) is 3.22. The van der Waals surface area contributed by atoms with Gasteiger partial charge in [0.1, 0.15) is 11.9 Å². The number of thiocarbonyl (C=S) groups is 1. The van der Waals surface area contributed by atoms with Gasteiger partial charge in [-0.05, 0) is 66.8 Å². The third kappa shape index (κ3) is 4.57. The average Bonchev–Trinajstić information content (AvgIpc) is 3.50. The van der Waals surface area contributed by atoms with Gasteiger partial charge in [0.25, 0.3) is 0 Å². The Bertz CT molecular complexity index is 1390. The van der Waals surface area contributed by atoms with Crippen molar-refractivity contribution in [3.8, 4) is 5.82 Å². The Kier molecular flexibility index (Phi) is 6.71. The summed E-state index contributed by atoms with van der Waals surface area (Å²) >= 11 is 12.5. The molecule has 5 rings (SSSR count). The molecular formula is C27H25ClN6OS. The summed E-state index contributed by atoms with van der Waals surface area (Å²) in [6.45, 7) is 3.68. The molecule has 0 unspecified atom stereocenters. The second-order valence-corrected chi connectivity index (χ2v) is 9.59. The number of carbonyl (C=O) groups is 1. The van der Waals surface area contributed by atoms with Crippen molar-refractivity contribution in [1.29, 1.82) is 0 Å². The Morgan fingerprint density at radius 1 is 1.06 bits per heavy atom. The Morgan fingerprint density at radius 2 is 1.83 bits per heavy atom. The van der Waals surface area contributed by atoms with E-state index in [-0.39, 0.29) is 23.9 Å². The van der Waals surface area contributed by atoms with Crippen LogP contribution in [-0.2, 0) is 4.79 Å². The predicted octanol–water partition coefficient (Wildman–Crippen LogP) is 5.69. The van der Waals surface area contributed by atoms with Gasteiger partial charge in [-0.1, -0.05) is 37.6 Å². The third-order valence-corrected chi connectivity index (χ3v) is 6.72. The molecule has 2 atom stereocenters. The van der Waals surface area contributed by atoms with Gasteiger partial charge >= 0.3 is 0 Å². The number of amides is 1. The van der Waals surface area contributed by atoms with Crippen LogP contribution in [-0.4, -0.2) is 25.6 Å². The van der Waals surface area contributed by atoms with Crippen LogP contribution in [0.25, 0.3) is 5.82 Å². The number of nitrogens with zero attached hydrogens (tertiary/aromatic N) is 4. The maximum atomic E-state index is 12.2. The number of nitrogens with one attached hydrogen (secondary N) is 2. The molecule has 3 aromatic heterocycles. The lowest BCUT2D eigenvalue weighted by molar-refractivity contribution is -0.118. The van der Waals surface area contributed by atoms with E-state index in [2.05, 4.69) is 31.2 Å². The van der Waals surface area contributed by atoms with Crippen LogP contribution in [0.2, 0.25) is 5.02 Å². The van der Waals surface area contributed by atoms with E-state index in [0.717, 1.165) is 22.9 Å². The summed E-state index contributed by atoms with van der Waals surface area (Å²) in [5.74, 6) is 0.558. The topological polar surface area (TPSA) is 75.1 Å². The van der Waals surface area contributed by atoms with Crippen LogP contribution in [0, 0.1) is 5.92 Å². The summed E-state index contributed by atoms with van der Waals surface area (Å²) in [5, 5.41) is 7.34. The lowest BCUT2D eigenvalue weighted by atomic mass is 10.0. The number of anilines is 2. The van der Waals surface area contributed by atoms with E-state index in [9.17, 15) is 4.79 Å². The molecule has 0 bridgehead atoms. The zero-order valence-corrected chi connectivity index (χ0v) is 21.4. The van der Waals surface area contributed by atoms with Gasteiger partial charge in [0.2, 0.25) is 5.91 Å². The van der Waals surface area contributed by atoms with E-state index < -0.39 is 0 Å². The van der Waals surface area contributed by atoms with Gasteiger partial charge in [-0.25, -0.2) is 4.98 Å². The molecule has 0 radical (unpaired) electrons. The molecule has 1 amide bonds. The van der Waals surface area contributed by atoms with Gasteiger partial charge in [-0.2, -0.15) is 0 Å². The molecule has 0 aliphatic carbocycles. The van der Waals surface area contributed by atoms with Crippen LogP contribution in [0.4, 0.5) is 11.4 Å². The SMILES string of the molecule is CC(C)C(=O)Nc1ccc(N2C(=S)N[C@@H](c3ccccn3)[C@H]2c2cccn2-c2ccccn2)cc1Cl. The first-order chi connectivity index (χ1) is 17.4. The van der Waals surface area contributed by atoms with Crippen LogP contribution in [0.15, 0.2) is 85.3 Å². The quantitative estimate of drug-likeness (QED) is 0.320. The number of rotatable bonds is 6. The van der Waals surface area contributed by atoms with E-state index >= 15 is 0 Å². The maximum Gasteiger partial charge on any atom is 0.226 e. The fraction of sp³-hybridized carbons (Fsp3) is 0.185. The Labute approximate surface area is 220 Å². The van der Waals surface area contributed by atoms with Crippen LogP contribution in [0.1, 0.15) is 37.3 Å². The van der Waals surface area contributed by atoms with Crippen LogP contribution < -0.4 is 15.5 Å². The van der Waals surface area contributed by atoms with Crippen molar-refractivity contribution in [2.75, 3.05) is 10.2 Å². The Morgan fingerprint density at radius 3 is 2.50 bits per heavy atom. The van der Waals surface area contributed by atoms with Crippen molar-refractivity contribution >= 4 is 46.2 Å². The van der Waals surface area contributed by atoms with E-state index in [4.69, 9.17) is 23.8 Å². The molecule has 182 valence electrons. The average molecular weight is 517 g/mol. The minimum atomic E-state index is -0.239. The van der Waals surface area contributed by atoms with E-state index in [0.29, 0.717) is 15.8 Å². The van der Waals surface area contributed by atoms with E-state index in [1.54, 1.807) is 12.4 Å². The minimum absolute atomic E-state index is 0.0932. The lowest BCUT2D eigenvalue weighted by Crippen LogP contribution is -2.30. The normalized spacial score (nSPS) is 17.3. The molecule has 36 heavy (non-hydrogen) atoms. The minimum Gasteiger partial charge on any atom is -0.351 e. The summed E-state index contributed by atoms with van der Waals surface area (Å²) < 4.78 is 2.06. The Hall–Kier alpha value is -3.75. The van der Waals surface area contributed by atoms with Crippen LogP contribution in [0.3, 0.4) is 0 Å². The number of hydrogen-bond acceptors (Lipinski definition) is 4. The summed E-state index contributed by atoms with van der Waals surface area (Å²) in [7, 11) is 0. The second-order valence-electron chi connectivity index (χ2n) is 8.80. The number of aromatic nitrogens is 3. The zero-order valence-electron chi connectivity index (χ0n) is 19.8. The Balaban J connectivity index is 1.59. The number of hydrogen-bond donors (Lipinski definition) is 2. The highest BCUT2D eigenvalue weighted by atomic mass is 35.5. The number of carbonyl (C=O) groups excluding carboxylic acids is 1. The molecule has 7 nitrogen and oxygen atoms in total. The van der Waals surface area contributed by atoms with Crippen LogP contribution >= 0.6 is 23.8 Å². The lowest BCUT2D eigenvalue weighted by Gasteiger charge is -2.29. The smallest absolute Gasteiger partial charge is 0.226 e. The fourth-order valence-corrected chi connectivity index (χ4v) is 4.87. The van der Waals surface area contributed by atoms with Gasteiger partial charge in [-0.15, -0.1) is 0 Å². The molecular weight excluding hydrogens is 492 g/mol. The second kappa shape index (κ2) is 10.1. The highest BCUT2D eigenvalue weighted by Gasteiger charge is 2.42. The van der Waals surface area contributed by atoms with Crippen molar-refractivity contribution in [3.05, 3.63) is 102 Å². The molecule has 1 fully saturated rings. The molecule has 2 N–H and O–H groups in total. The molecule has 1 aliphatic heterocycles. The largest absolute Gasteiger partial charge is 0.351 e. The molecule has 1 aromatic carbocycles. The van der Waals surface area contributed by atoms with Crippen molar-refractivity contribution < 1.29 is 4.79 Å². The monoisotopic (exact) mass is 516 g/mol. The van der Waals surface area contributed by atoms with Crippen molar-refractivity contribution in [2.24, 2.45) is 5.92 Å². The first-order valence-corrected chi connectivity index (χ1v) is 12.4. The molecule has 9 heteroatoms. The zero-order chi connectivity index (χ0) is 25.2. The molecule has 1 saturated heterocycles. The van der Waals surface area contributed by atoms with Gasteiger partial charge in [-0.3, -0.25) is 9.78 Å². The molecule has 1 aliphatic rings. The predicted molar refractivity (Wildman–Crippen MR) is 146 cm³/mol. The van der Waals surface area contributed by atoms with E-state index in [1.165, 1.54) is 0 Å². The number of pyridine rings is 2. The standard InChI is InChI=1S/C27H25ClN6OS/c1-17(2)26(35)31-20-12-11-18(16-19(20)28)34-25(24(32-27(34)36)21-8-3-5-13-29-21)22-9-7-15-33(22)23-10-4-6-14-30-23/h3-17,24-25H,1-2H3,(H,31,35)(H,32,36)/t24-,25+/m0/s1. The molecule has 4 heterocycles. The maximum absolute atomic E-state index is 12.2.